The van der Waals surface area contributed by atoms with Gasteiger partial charge in [-0.3, -0.25) is 0 Å². The molecule has 1 aromatic rings. The Morgan fingerprint density at radius 1 is 1.50 bits per heavy atom. The third-order valence-corrected chi connectivity index (χ3v) is 2.86. The Morgan fingerprint density at radius 2 is 2.31 bits per heavy atom. The lowest BCUT2D eigenvalue weighted by Crippen LogP contribution is -2.41. The Kier molecular flexibility index (Phi) is 3.80. The van der Waals surface area contributed by atoms with E-state index in [0.717, 1.165) is 5.69 Å². The highest BCUT2D eigenvalue weighted by atomic mass is 16.5. The lowest BCUT2D eigenvalue weighted by atomic mass is 9.96. The smallest absolute Gasteiger partial charge is 0.189 e. The highest BCUT2D eigenvalue weighted by Crippen LogP contribution is 2.16. The van der Waals surface area contributed by atoms with Crippen LogP contribution in [0.25, 0.3) is 0 Å². The summed E-state index contributed by atoms with van der Waals surface area (Å²) in [7, 11) is 0. The van der Waals surface area contributed by atoms with Crippen molar-refractivity contribution >= 4 is 5.96 Å². The van der Waals surface area contributed by atoms with Crippen LogP contribution in [0.2, 0.25) is 0 Å². The minimum Gasteiger partial charge on any atom is -0.370 e. The van der Waals surface area contributed by atoms with Gasteiger partial charge in [-0.25, -0.2) is 4.99 Å². The molecular formula is C11H18N4O. The fourth-order valence-electron chi connectivity index (χ4n) is 1.99. The molecule has 1 aromatic heterocycles. The Hall–Kier alpha value is -1.52. The van der Waals surface area contributed by atoms with Gasteiger partial charge in [0, 0.05) is 12.1 Å². The topological polar surface area (TPSA) is 76.4 Å². The zero-order valence-corrected chi connectivity index (χ0v) is 9.35. The van der Waals surface area contributed by atoms with E-state index in [1.54, 1.807) is 6.07 Å². The summed E-state index contributed by atoms with van der Waals surface area (Å²) in [5.74, 6) is 0.509. The standard InChI is InChI=1S/C11H18N4O/c12-11(13-8-10-6-7-16-15-10)14-9-4-2-1-3-5-9/h6-7,9H,1-5,8H2,(H3,12,13,14). The van der Waals surface area contributed by atoms with E-state index < -0.39 is 0 Å². The molecule has 1 aliphatic rings. The maximum absolute atomic E-state index is 5.80. The summed E-state index contributed by atoms with van der Waals surface area (Å²) in [4.78, 5) is 4.22. The van der Waals surface area contributed by atoms with E-state index in [0.29, 0.717) is 18.5 Å². The average molecular weight is 222 g/mol. The number of nitrogens with zero attached hydrogens (tertiary/aromatic N) is 2. The molecule has 5 nitrogen and oxygen atoms in total. The first-order chi connectivity index (χ1) is 7.84. The van der Waals surface area contributed by atoms with Gasteiger partial charge >= 0.3 is 0 Å². The van der Waals surface area contributed by atoms with Gasteiger partial charge in [0.15, 0.2) is 5.96 Å². The van der Waals surface area contributed by atoms with Gasteiger partial charge in [0.1, 0.15) is 12.0 Å². The predicted molar refractivity (Wildman–Crippen MR) is 61.8 cm³/mol. The van der Waals surface area contributed by atoms with Crippen LogP contribution in [0.15, 0.2) is 21.8 Å². The van der Waals surface area contributed by atoms with Gasteiger partial charge in [0.05, 0.1) is 6.54 Å². The van der Waals surface area contributed by atoms with Crippen LogP contribution < -0.4 is 11.1 Å². The molecular weight excluding hydrogens is 204 g/mol. The number of aliphatic imine (C=N–C) groups is 1. The summed E-state index contributed by atoms with van der Waals surface area (Å²) in [5, 5.41) is 7.02. The van der Waals surface area contributed by atoms with Gasteiger partial charge < -0.3 is 15.6 Å². The van der Waals surface area contributed by atoms with Crippen LogP contribution in [0, 0.1) is 0 Å². The van der Waals surface area contributed by atoms with E-state index in [1.165, 1.54) is 38.4 Å². The SMILES string of the molecule is NC(=NCc1ccon1)NC1CCCCC1. The van der Waals surface area contributed by atoms with Gasteiger partial charge in [-0.2, -0.15) is 0 Å². The Morgan fingerprint density at radius 3 is 3.00 bits per heavy atom. The fourth-order valence-corrected chi connectivity index (χ4v) is 1.99. The minimum absolute atomic E-state index is 0.474. The zero-order chi connectivity index (χ0) is 11.2. The molecule has 0 radical (unpaired) electrons. The third kappa shape index (κ3) is 3.25. The van der Waals surface area contributed by atoms with Crippen molar-refractivity contribution in [2.75, 3.05) is 0 Å². The van der Waals surface area contributed by atoms with Gasteiger partial charge in [0.2, 0.25) is 0 Å². The molecule has 5 heteroatoms. The van der Waals surface area contributed by atoms with Crippen LogP contribution in [-0.4, -0.2) is 17.2 Å². The molecule has 0 saturated heterocycles. The monoisotopic (exact) mass is 222 g/mol. The predicted octanol–water partition coefficient (Wildman–Crippen LogP) is 1.41. The summed E-state index contributed by atoms with van der Waals surface area (Å²) in [5.41, 5.74) is 6.60. The van der Waals surface area contributed by atoms with E-state index in [1.807, 2.05) is 0 Å². The van der Waals surface area contributed by atoms with Crippen molar-refractivity contribution < 1.29 is 4.52 Å². The summed E-state index contributed by atoms with van der Waals surface area (Å²) in [6, 6.07) is 2.28. The number of nitrogens with two attached hydrogens (primary N) is 1. The molecule has 0 spiro atoms. The number of aromatic nitrogens is 1. The number of hydrogen-bond donors (Lipinski definition) is 2. The Balaban J connectivity index is 1.77. The van der Waals surface area contributed by atoms with Crippen molar-refractivity contribution in [1.29, 1.82) is 0 Å². The number of guanidine groups is 1. The minimum atomic E-state index is 0.474. The highest BCUT2D eigenvalue weighted by Gasteiger charge is 2.13. The first-order valence-electron chi connectivity index (χ1n) is 5.80. The van der Waals surface area contributed by atoms with Gasteiger partial charge in [-0.15, -0.1) is 0 Å². The number of hydrogen-bond acceptors (Lipinski definition) is 3. The molecule has 1 heterocycles. The maximum atomic E-state index is 5.80. The van der Waals surface area contributed by atoms with E-state index >= 15 is 0 Å². The van der Waals surface area contributed by atoms with Gasteiger partial charge in [-0.05, 0) is 12.8 Å². The van der Waals surface area contributed by atoms with Crippen molar-refractivity contribution in [2.24, 2.45) is 10.7 Å². The molecule has 1 aliphatic carbocycles. The third-order valence-electron chi connectivity index (χ3n) is 2.86. The summed E-state index contributed by atoms with van der Waals surface area (Å²) >= 11 is 0. The number of rotatable bonds is 3. The first kappa shape index (κ1) is 11.0. The van der Waals surface area contributed by atoms with Crippen LogP contribution >= 0.6 is 0 Å². The van der Waals surface area contributed by atoms with E-state index in [-0.39, 0.29) is 0 Å². The quantitative estimate of drug-likeness (QED) is 0.599. The lowest BCUT2D eigenvalue weighted by molar-refractivity contribution is 0.409. The molecule has 0 amide bonds. The second kappa shape index (κ2) is 5.53. The molecule has 0 bridgehead atoms. The van der Waals surface area contributed by atoms with Crippen LogP contribution in [0.5, 0.6) is 0 Å². The fraction of sp³-hybridized carbons (Fsp3) is 0.636. The second-order valence-electron chi connectivity index (χ2n) is 4.17. The molecule has 0 aliphatic heterocycles. The largest absolute Gasteiger partial charge is 0.370 e. The summed E-state index contributed by atoms with van der Waals surface area (Å²) < 4.78 is 4.72. The Bertz CT molecular complexity index is 328. The molecule has 0 atom stereocenters. The van der Waals surface area contributed by atoms with Crippen molar-refractivity contribution in [3.63, 3.8) is 0 Å². The maximum Gasteiger partial charge on any atom is 0.189 e. The molecule has 0 aromatic carbocycles. The average Bonchev–Trinajstić information content (AvgIpc) is 2.81. The highest BCUT2D eigenvalue weighted by molar-refractivity contribution is 5.78. The molecule has 0 unspecified atom stereocenters. The van der Waals surface area contributed by atoms with Crippen LogP contribution in [0.1, 0.15) is 37.8 Å². The molecule has 2 rings (SSSR count). The second-order valence-corrected chi connectivity index (χ2v) is 4.17. The van der Waals surface area contributed by atoms with Crippen molar-refractivity contribution in [3.05, 3.63) is 18.0 Å². The first-order valence-corrected chi connectivity index (χ1v) is 5.80. The number of nitrogens with one attached hydrogen (secondary N) is 1. The van der Waals surface area contributed by atoms with E-state index in [9.17, 15) is 0 Å². The molecule has 1 fully saturated rings. The van der Waals surface area contributed by atoms with Gasteiger partial charge in [0.25, 0.3) is 0 Å². The molecule has 3 N–H and O–H groups in total. The normalized spacial score (nSPS) is 18.6. The van der Waals surface area contributed by atoms with Crippen LogP contribution in [-0.2, 0) is 6.54 Å². The molecule has 88 valence electrons. The lowest BCUT2D eigenvalue weighted by Gasteiger charge is -2.23. The molecule has 16 heavy (non-hydrogen) atoms. The summed E-state index contributed by atoms with van der Waals surface area (Å²) in [6.45, 7) is 0.474. The zero-order valence-electron chi connectivity index (χ0n) is 9.35. The van der Waals surface area contributed by atoms with Gasteiger partial charge in [-0.1, -0.05) is 24.4 Å². The van der Waals surface area contributed by atoms with Crippen molar-refractivity contribution in [2.45, 2.75) is 44.7 Å². The van der Waals surface area contributed by atoms with Crippen LogP contribution in [0.3, 0.4) is 0 Å². The molecule has 1 saturated carbocycles. The van der Waals surface area contributed by atoms with E-state index in [2.05, 4.69) is 15.5 Å². The van der Waals surface area contributed by atoms with E-state index in [4.69, 9.17) is 10.3 Å². The summed E-state index contributed by atoms with van der Waals surface area (Å²) in [6.07, 6.45) is 7.84. The Labute approximate surface area is 95.1 Å². The van der Waals surface area contributed by atoms with Crippen LogP contribution in [0.4, 0.5) is 0 Å². The van der Waals surface area contributed by atoms with Crippen molar-refractivity contribution in [3.8, 4) is 0 Å². The van der Waals surface area contributed by atoms with Crippen molar-refractivity contribution in [1.82, 2.24) is 10.5 Å².